The van der Waals surface area contributed by atoms with Crippen molar-refractivity contribution < 1.29 is 0 Å². The summed E-state index contributed by atoms with van der Waals surface area (Å²) in [6, 6.07) is 7.35. The molecular weight excluding hydrogens is 266 g/mol. The molecule has 1 N–H and O–H groups in total. The lowest BCUT2D eigenvalue weighted by molar-refractivity contribution is 0.535. The van der Waals surface area contributed by atoms with Gasteiger partial charge in [-0.25, -0.2) is 0 Å². The molecule has 1 aliphatic rings. The molecule has 1 aromatic carbocycles. The molecule has 0 saturated carbocycles. The van der Waals surface area contributed by atoms with E-state index >= 15 is 0 Å². The van der Waals surface area contributed by atoms with E-state index in [0.717, 1.165) is 19.4 Å². The van der Waals surface area contributed by atoms with Gasteiger partial charge in [0, 0.05) is 6.04 Å². The predicted molar refractivity (Wildman–Crippen MR) is 83.1 cm³/mol. The summed E-state index contributed by atoms with van der Waals surface area (Å²) in [7, 11) is 0. The van der Waals surface area contributed by atoms with E-state index in [9.17, 15) is 0 Å². The summed E-state index contributed by atoms with van der Waals surface area (Å²) in [6.07, 6.45) is 7.88. The van der Waals surface area contributed by atoms with Crippen LogP contribution in [0.2, 0.25) is 0 Å². The molecule has 0 bridgehead atoms. The molecule has 0 amide bonds. The highest BCUT2D eigenvalue weighted by Gasteiger charge is 2.16. The van der Waals surface area contributed by atoms with Gasteiger partial charge in [-0.2, -0.15) is 0 Å². The van der Waals surface area contributed by atoms with Crippen molar-refractivity contribution in [1.82, 2.24) is 14.9 Å². The molecule has 1 heterocycles. The van der Waals surface area contributed by atoms with Crippen LogP contribution in [-0.2, 0) is 19.3 Å². The van der Waals surface area contributed by atoms with Crippen molar-refractivity contribution in [2.24, 2.45) is 0 Å². The van der Waals surface area contributed by atoms with Crippen LogP contribution in [0.15, 0.2) is 24.4 Å². The third kappa shape index (κ3) is 3.07. The Labute approximate surface area is 124 Å². The van der Waals surface area contributed by atoms with Gasteiger partial charge in [-0.3, -0.25) is 0 Å². The molecule has 2 aromatic rings. The van der Waals surface area contributed by atoms with E-state index in [1.54, 1.807) is 11.1 Å². The molecule has 20 heavy (non-hydrogen) atoms. The summed E-state index contributed by atoms with van der Waals surface area (Å²) in [5.74, 6) is 0. The van der Waals surface area contributed by atoms with Crippen LogP contribution in [0.4, 0.5) is 0 Å². The van der Waals surface area contributed by atoms with Crippen LogP contribution in [0.25, 0.3) is 0 Å². The van der Waals surface area contributed by atoms with Crippen LogP contribution in [0.1, 0.15) is 47.4 Å². The fourth-order valence-corrected chi connectivity index (χ4v) is 3.48. The molecule has 0 aliphatic heterocycles. The van der Waals surface area contributed by atoms with Gasteiger partial charge in [-0.1, -0.05) is 29.6 Å². The van der Waals surface area contributed by atoms with Crippen LogP contribution in [0.3, 0.4) is 0 Å². The Kier molecular flexibility index (Phi) is 4.43. The van der Waals surface area contributed by atoms with Gasteiger partial charge in [0.05, 0.1) is 11.1 Å². The topological polar surface area (TPSA) is 37.8 Å². The van der Waals surface area contributed by atoms with Crippen molar-refractivity contribution in [3.63, 3.8) is 0 Å². The summed E-state index contributed by atoms with van der Waals surface area (Å²) in [5.41, 5.74) is 4.53. The van der Waals surface area contributed by atoms with Crippen LogP contribution in [0, 0.1) is 0 Å². The van der Waals surface area contributed by atoms with Crippen molar-refractivity contribution in [3.05, 3.63) is 46.0 Å². The molecule has 1 atom stereocenters. The lowest BCUT2D eigenvalue weighted by Gasteiger charge is -2.17. The van der Waals surface area contributed by atoms with E-state index in [1.807, 2.05) is 6.20 Å². The Morgan fingerprint density at radius 2 is 2.20 bits per heavy atom. The van der Waals surface area contributed by atoms with E-state index in [4.69, 9.17) is 0 Å². The average Bonchev–Trinajstić information content (AvgIpc) is 3.13. The molecule has 4 heteroatoms. The third-order valence-electron chi connectivity index (χ3n) is 3.97. The van der Waals surface area contributed by atoms with Crippen molar-refractivity contribution in [3.8, 4) is 0 Å². The Balaban J connectivity index is 1.75. The van der Waals surface area contributed by atoms with Crippen LogP contribution in [0.5, 0.6) is 0 Å². The number of hydrogen-bond donors (Lipinski definition) is 1. The summed E-state index contributed by atoms with van der Waals surface area (Å²) in [4.78, 5) is 1.24. The average molecular weight is 287 g/mol. The summed E-state index contributed by atoms with van der Waals surface area (Å²) in [6.45, 7) is 3.23. The second-order valence-electron chi connectivity index (χ2n) is 5.49. The maximum atomic E-state index is 4.00. The van der Waals surface area contributed by atoms with E-state index in [-0.39, 0.29) is 0 Å². The van der Waals surface area contributed by atoms with Crippen LogP contribution < -0.4 is 5.32 Å². The Morgan fingerprint density at radius 3 is 3.00 bits per heavy atom. The lowest BCUT2D eigenvalue weighted by atomic mass is 10.0. The molecule has 0 saturated heterocycles. The Bertz CT molecular complexity index is 551. The van der Waals surface area contributed by atoms with Crippen molar-refractivity contribution in [1.29, 1.82) is 0 Å². The van der Waals surface area contributed by atoms with Crippen molar-refractivity contribution in [2.45, 2.75) is 45.1 Å². The van der Waals surface area contributed by atoms with Gasteiger partial charge in [-0.15, -0.1) is 5.10 Å². The van der Waals surface area contributed by atoms with E-state index < -0.39 is 0 Å². The zero-order chi connectivity index (χ0) is 13.8. The molecule has 1 aromatic heterocycles. The summed E-state index contributed by atoms with van der Waals surface area (Å²) < 4.78 is 4.00. The van der Waals surface area contributed by atoms with E-state index in [1.165, 1.54) is 41.2 Å². The van der Waals surface area contributed by atoms with Gasteiger partial charge in [0.1, 0.15) is 0 Å². The minimum atomic E-state index is 0.342. The normalized spacial score (nSPS) is 15.2. The number of fused-ring (bicyclic) bond motifs is 1. The van der Waals surface area contributed by atoms with Crippen molar-refractivity contribution in [2.75, 3.05) is 6.54 Å². The van der Waals surface area contributed by atoms with Gasteiger partial charge in [-0.05, 0) is 66.9 Å². The first-order valence-electron chi connectivity index (χ1n) is 7.48. The van der Waals surface area contributed by atoms with E-state index in [2.05, 4.69) is 40.0 Å². The smallest absolute Gasteiger partial charge is 0.0669 e. The van der Waals surface area contributed by atoms with Gasteiger partial charge >= 0.3 is 0 Å². The largest absolute Gasteiger partial charge is 0.309 e. The number of nitrogens with zero attached hydrogens (tertiary/aromatic N) is 2. The molecule has 0 spiro atoms. The van der Waals surface area contributed by atoms with Gasteiger partial charge < -0.3 is 5.32 Å². The predicted octanol–water partition coefficient (Wildman–Crippen LogP) is 3.31. The maximum absolute atomic E-state index is 4.00. The minimum Gasteiger partial charge on any atom is -0.309 e. The van der Waals surface area contributed by atoms with Gasteiger partial charge in [0.2, 0.25) is 0 Å². The molecule has 0 radical (unpaired) electrons. The first kappa shape index (κ1) is 13.7. The third-order valence-corrected chi connectivity index (χ3v) is 4.74. The standard InChI is InChI=1S/C16H21N3S/c1-2-8-17-15(16-11-18-19-20-16)10-12-6-7-13-4-3-5-14(13)9-12/h6-7,9,11,15,17H,2-5,8,10H2,1H3. The monoisotopic (exact) mass is 287 g/mol. The number of aryl methyl sites for hydroxylation is 2. The quantitative estimate of drug-likeness (QED) is 0.885. The first-order chi connectivity index (χ1) is 9.86. The number of nitrogens with one attached hydrogen (secondary N) is 1. The molecule has 0 fully saturated rings. The van der Waals surface area contributed by atoms with Crippen LogP contribution in [-0.4, -0.2) is 16.1 Å². The fourth-order valence-electron chi connectivity index (χ4n) is 2.91. The molecule has 1 aliphatic carbocycles. The fraction of sp³-hybridized carbons (Fsp3) is 0.500. The maximum Gasteiger partial charge on any atom is 0.0669 e. The molecular formula is C16H21N3S. The minimum absolute atomic E-state index is 0.342. The Morgan fingerprint density at radius 1 is 1.30 bits per heavy atom. The lowest BCUT2D eigenvalue weighted by Crippen LogP contribution is -2.23. The number of rotatable bonds is 6. The molecule has 106 valence electrons. The Hall–Kier alpha value is -1.26. The van der Waals surface area contributed by atoms with Gasteiger partial charge in [0.25, 0.3) is 0 Å². The zero-order valence-electron chi connectivity index (χ0n) is 11.9. The summed E-state index contributed by atoms with van der Waals surface area (Å²) >= 11 is 1.50. The van der Waals surface area contributed by atoms with Crippen LogP contribution >= 0.6 is 11.5 Å². The number of benzene rings is 1. The second kappa shape index (κ2) is 6.46. The number of aromatic nitrogens is 2. The summed E-state index contributed by atoms with van der Waals surface area (Å²) in [5, 5.41) is 7.60. The van der Waals surface area contributed by atoms with Crippen molar-refractivity contribution >= 4 is 11.5 Å². The number of hydrogen-bond acceptors (Lipinski definition) is 4. The van der Waals surface area contributed by atoms with Gasteiger partial charge in [0.15, 0.2) is 0 Å². The first-order valence-corrected chi connectivity index (χ1v) is 8.25. The highest BCUT2D eigenvalue weighted by Crippen LogP contribution is 2.26. The highest BCUT2D eigenvalue weighted by molar-refractivity contribution is 7.05. The highest BCUT2D eigenvalue weighted by atomic mass is 32.1. The molecule has 3 rings (SSSR count). The zero-order valence-corrected chi connectivity index (χ0v) is 12.7. The second-order valence-corrected chi connectivity index (χ2v) is 6.30. The molecule has 1 unspecified atom stereocenters. The molecule has 3 nitrogen and oxygen atoms in total. The SMILES string of the molecule is CCCNC(Cc1ccc2c(c1)CCC2)c1cnns1. The van der Waals surface area contributed by atoms with E-state index in [0.29, 0.717) is 6.04 Å².